The van der Waals surface area contributed by atoms with Crippen LogP contribution in [0.5, 0.6) is 0 Å². The Bertz CT molecular complexity index is 590. The molecule has 2 aromatic rings. The third-order valence-electron chi connectivity index (χ3n) is 4.45. The van der Waals surface area contributed by atoms with Crippen molar-refractivity contribution in [3.05, 3.63) is 47.5 Å². The second kappa shape index (κ2) is 5.60. The predicted molar refractivity (Wildman–Crippen MR) is 83.9 cm³/mol. The Kier molecular flexibility index (Phi) is 3.81. The number of rotatable bonds is 5. The minimum Gasteiger partial charge on any atom is -0.330 e. The minimum atomic E-state index is 0.103. The van der Waals surface area contributed by atoms with E-state index in [4.69, 9.17) is 5.73 Å². The SMILES string of the molecule is CC(C)Cn1ncnc1CC1(CN)Cc2ccccc2C1. The van der Waals surface area contributed by atoms with Crippen molar-refractivity contribution in [3.8, 4) is 0 Å². The summed E-state index contributed by atoms with van der Waals surface area (Å²) in [6.45, 7) is 6.02. The largest absolute Gasteiger partial charge is 0.330 e. The fourth-order valence-corrected chi connectivity index (χ4v) is 3.37. The minimum absolute atomic E-state index is 0.103. The summed E-state index contributed by atoms with van der Waals surface area (Å²) in [7, 11) is 0. The third kappa shape index (κ3) is 2.86. The first-order valence-corrected chi connectivity index (χ1v) is 7.75. The first kappa shape index (κ1) is 14.3. The highest BCUT2D eigenvalue weighted by Crippen LogP contribution is 2.38. The second-order valence-electron chi connectivity index (χ2n) is 6.76. The molecule has 0 radical (unpaired) electrons. The normalized spacial score (nSPS) is 16.4. The van der Waals surface area contributed by atoms with Gasteiger partial charge in [-0.15, -0.1) is 0 Å². The fraction of sp³-hybridized carbons (Fsp3) is 0.529. The molecule has 0 amide bonds. The predicted octanol–water partition coefficient (Wildman–Crippen LogP) is 2.22. The van der Waals surface area contributed by atoms with Crippen LogP contribution in [0.2, 0.25) is 0 Å². The summed E-state index contributed by atoms with van der Waals surface area (Å²) in [6.07, 6.45) is 4.68. The summed E-state index contributed by atoms with van der Waals surface area (Å²) in [5.41, 5.74) is 9.15. The number of nitrogens with zero attached hydrogens (tertiary/aromatic N) is 3. The van der Waals surface area contributed by atoms with Gasteiger partial charge in [0.25, 0.3) is 0 Å². The van der Waals surface area contributed by atoms with Crippen LogP contribution in [0.15, 0.2) is 30.6 Å². The number of benzene rings is 1. The van der Waals surface area contributed by atoms with Gasteiger partial charge >= 0.3 is 0 Å². The van der Waals surface area contributed by atoms with Gasteiger partial charge in [-0.05, 0) is 41.8 Å². The Morgan fingerprint density at radius 1 is 1.24 bits per heavy atom. The first-order valence-electron chi connectivity index (χ1n) is 7.75. The van der Waals surface area contributed by atoms with Crippen molar-refractivity contribution in [1.29, 1.82) is 0 Å². The maximum Gasteiger partial charge on any atom is 0.138 e. The van der Waals surface area contributed by atoms with Crippen LogP contribution < -0.4 is 5.73 Å². The van der Waals surface area contributed by atoms with Crippen LogP contribution in [0.4, 0.5) is 0 Å². The van der Waals surface area contributed by atoms with Gasteiger partial charge in [-0.1, -0.05) is 38.1 Å². The molecule has 0 fully saturated rings. The van der Waals surface area contributed by atoms with Crippen LogP contribution >= 0.6 is 0 Å². The summed E-state index contributed by atoms with van der Waals surface area (Å²) < 4.78 is 2.05. The zero-order valence-electron chi connectivity index (χ0n) is 12.9. The van der Waals surface area contributed by atoms with Gasteiger partial charge in [0.15, 0.2) is 0 Å². The Labute approximate surface area is 126 Å². The van der Waals surface area contributed by atoms with E-state index in [0.717, 1.165) is 31.6 Å². The van der Waals surface area contributed by atoms with E-state index in [2.05, 4.69) is 48.2 Å². The lowest BCUT2D eigenvalue weighted by Gasteiger charge is -2.27. The van der Waals surface area contributed by atoms with Crippen molar-refractivity contribution in [1.82, 2.24) is 14.8 Å². The molecule has 4 nitrogen and oxygen atoms in total. The van der Waals surface area contributed by atoms with Crippen LogP contribution in [-0.2, 0) is 25.8 Å². The standard InChI is InChI=1S/C17H24N4/c1-13(2)10-21-16(19-12-20-21)9-17(11-18)7-14-5-3-4-6-15(14)8-17/h3-6,12-13H,7-11,18H2,1-2H3. The summed E-state index contributed by atoms with van der Waals surface area (Å²) in [6, 6.07) is 8.69. The lowest BCUT2D eigenvalue weighted by molar-refractivity contribution is 0.298. The Hall–Kier alpha value is -1.68. The average Bonchev–Trinajstić information content (AvgIpc) is 3.03. The summed E-state index contributed by atoms with van der Waals surface area (Å²) >= 11 is 0. The highest BCUT2D eigenvalue weighted by atomic mass is 15.3. The molecular weight excluding hydrogens is 260 g/mol. The van der Waals surface area contributed by atoms with Gasteiger partial charge in [0.2, 0.25) is 0 Å². The molecule has 1 aliphatic rings. The van der Waals surface area contributed by atoms with Crippen molar-refractivity contribution in [2.75, 3.05) is 6.54 Å². The quantitative estimate of drug-likeness (QED) is 0.916. The molecule has 0 bridgehead atoms. The molecule has 0 saturated heterocycles. The molecule has 1 aromatic heterocycles. The molecule has 0 spiro atoms. The van der Waals surface area contributed by atoms with E-state index in [9.17, 15) is 0 Å². The van der Waals surface area contributed by atoms with Gasteiger partial charge in [0.1, 0.15) is 12.2 Å². The van der Waals surface area contributed by atoms with Gasteiger partial charge in [0, 0.05) is 13.0 Å². The van der Waals surface area contributed by atoms with Crippen molar-refractivity contribution < 1.29 is 0 Å². The van der Waals surface area contributed by atoms with Crippen LogP contribution in [0.1, 0.15) is 30.8 Å². The van der Waals surface area contributed by atoms with E-state index in [1.807, 2.05) is 4.68 Å². The number of nitrogens with two attached hydrogens (primary N) is 1. The van der Waals surface area contributed by atoms with E-state index in [0.29, 0.717) is 12.5 Å². The molecule has 0 unspecified atom stereocenters. The summed E-state index contributed by atoms with van der Waals surface area (Å²) in [5.74, 6) is 1.64. The molecule has 112 valence electrons. The third-order valence-corrected chi connectivity index (χ3v) is 4.45. The maximum absolute atomic E-state index is 6.16. The Balaban J connectivity index is 1.82. The molecule has 1 heterocycles. The number of hydrogen-bond acceptors (Lipinski definition) is 3. The van der Waals surface area contributed by atoms with Gasteiger partial charge in [-0.25, -0.2) is 9.67 Å². The Morgan fingerprint density at radius 3 is 2.48 bits per heavy atom. The molecule has 0 saturated carbocycles. The van der Waals surface area contributed by atoms with Crippen molar-refractivity contribution in [3.63, 3.8) is 0 Å². The highest BCUT2D eigenvalue weighted by molar-refractivity contribution is 5.35. The zero-order valence-corrected chi connectivity index (χ0v) is 12.9. The molecule has 4 heteroatoms. The van der Waals surface area contributed by atoms with Crippen LogP contribution in [0, 0.1) is 11.3 Å². The topological polar surface area (TPSA) is 56.7 Å². The van der Waals surface area contributed by atoms with Crippen molar-refractivity contribution in [2.24, 2.45) is 17.1 Å². The molecule has 21 heavy (non-hydrogen) atoms. The van der Waals surface area contributed by atoms with Crippen LogP contribution in [-0.4, -0.2) is 21.3 Å². The molecule has 0 atom stereocenters. The van der Waals surface area contributed by atoms with Crippen LogP contribution in [0.25, 0.3) is 0 Å². The number of hydrogen-bond donors (Lipinski definition) is 1. The van der Waals surface area contributed by atoms with Gasteiger partial charge in [-0.3, -0.25) is 0 Å². The molecule has 2 N–H and O–H groups in total. The molecular formula is C17H24N4. The molecule has 1 aromatic carbocycles. The van der Waals surface area contributed by atoms with E-state index >= 15 is 0 Å². The highest BCUT2D eigenvalue weighted by Gasteiger charge is 2.37. The Morgan fingerprint density at radius 2 is 1.90 bits per heavy atom. The van der Waals surface area contributed by atoms with Crippen molar-refractivity contribution in [2.45, 2.75) is 39.7 Å². The lowest BCUT2D eigenvalue weighted by atomic mass is 9.81. The van der Waals surface area contributed by atoms with E-state index in [1.165, 1.54) is 11.1 Å². The van der Waals surface area contributed by atoms with Gasteiger partial charge in [-0.2, -0.15) is 5.10 Å². The van der Waals surface area contributed by atoms with Crippen molar-refractivity contribution >= 4 is 0 Å². The molecule has 3 rings (SSSR count). The average molecular weight is 284 g/mol. The van der Waals surface area contributed by atoms with Crippen LogP contribution in [0.3, 0.4) is 0 Å². The first-order chi connectivity index (χ1) is 10.1. The van der Waals surface area contributed by atoms with Gasteiger partial charge in [0.05, 0.1) is 0 Å². The van der Waals surface area contributed by atoms with E-state index in [1.54, 1.807) is 6.33 Å². The monoisotopic (exact) mass is 284 g/mol. The maximum atomic E-state index is 6.16. The summed E-state index contributed by atoms with van der Waals surface area (Å²) in [5, 5.41) is 4.38. The molecule has 0 aliphatic heterocycles. The number of aromatic nitrogens is 3. The zero-order chi connectivity index (χ0) is 14.9. The smallest absolute Gasteiger partial charge is 0.138 e. The fourth-order valence-electron chi connectivity index (χ4n) is 3.37. The van der Waals surface area contributed by atoms with E-state index < -0.39 is 0 Å². The van der Waals surface area contributed by atoms with Gasteiger partial charge < -0.3 is 5.73 Å². The second-order valence-corrected chi connectivity index (χ2v) is 6.76. The molecule has 1 aliphatic carbocycles. The lowest BCUT2D eigenvalue weighted by Crippen LogP contribution is -2.35. The van der Waals surface area contributed by atoms with E-state index in [-0.39, 0.29) is 5.41 Å². The summed E-state index contributed by atoms with van der Waals surface area (Å²) in [4.78, 5) is 4.48. The number of fused-ring (bicyclic) bond motifs is 1.